The van der Waals surface area contributed by atoms with Gasteiger partial charge in [-0.3, -0.25) is 0 Å². The summed E-state index contributed by atoms with van der Waals surface area (Å²) in [5, 5.41) is 10.1. The first kappa shape index (κ1) is 13.5. The fourth-order valence-electron chi connectivity index (χ4n) is 2.00. The number of fused-ring (bicyclic) bond motifs is 1. The molecule has 0 aromatic carbocycles. The molecule has 0 saturated carbocycles. The zero-order valence-corrected chi connectivity index (χ0v) is 12.9. The summed E-state index contributed by atoms with van der Waals surface area (Å²) >= 11 is 3.14. The first-order valence-corrected chi connectivity index (χ1v) is 7.96. The molecule has 0 aliphatic heterocycles. The molecular formula is C13H15N5S2. The summed E-state index contributed by atoms with van der Waals surface area (Å²) < 4.78 is 3.01. The highest BCUT2D eigenvalue weighted by Crippen LogP contribution is 2.32. The van der Waals surface area contributed by atoms with Gasteiger partial charge in [-0.25, -0.2) is 4.98 Å². The van der Waals surface area contributed by atoms with Gasteiger partial charge in [0.15, 0.2) is 4.34 Å². The Kier molecular flexibility index (Phi) is 3.73. The topological polar surface area (TPSA) is 69.1 Å². The standard InChI is InChI=1S/C13H15N5S2/c1-8(14)7-10-12(20-13-17-16-9(2)19-13)15-11-5-3-4-6-18(10)11/h3-6,8H,7,14H2,1-2H3. The molecule has 0 bridgehead atoms. The van der Waals surface area contributed by atoms with Gasteiger partial charge in [0.25, 0.3) is 0 Å². The number of hydrogen-bond donors (Lipinski definition) is 1. The van der Waals surface area contributed by atoms with Crippen LogP contribution in [0.1, 0.15) is 17.6 Å². The first-order chi connectivity index (χ1) is 9.63. The highest BCUT2D eigenvalue weighted by Gasteiger charge is 2.16. The van der Waals surface area contributed by atoms with Crippen LogP contribution in [0.2, 0.25) is 0 Å². The number of nitrogens with zero attached hydrogens (tertiary/aromatic N) is 4. The summed E-state index contributed by atoms with van der Waals surface area (Å²) in [5.74, 6) is 0. The van der Waals surface area contributed by atoms with Crippen molar-refractivity contribution in [1.82, 2.24) is 19.6 Å². The molecule has 0 saturated heterocycles. The van der Waals surface area contributed by atoms with Gasteiger partial charge in [0.05, 0.1) is 5.69 Å². The van der Waals surface area contributed by atoms with E-state index in [4.69, 9.17) is 5.73 Å². The Morgan fingerprint density at radius 1 is 1.40 bits per heavy atom. The third-order valence-electron chi connectivity index (χ3n) is 2.80. The van der Waals surface area contributed by atoms with Gasteiger partial charge in [0.2, 0.25) is 0 Å². The second-order valence-corrected chi connectivity index (χ2v) is 7.08. The molecule has 0 amide bonds. The van der Waals surface area contributed by atoms with Crippen molar-refractivity contribution in [3.63, 3.8) is 0 Å². The molecule has 0 aliphatic carbocycles. The van der Waals surface area contributed by atoms with Crippen LogP contribution in [-0.4, -0.2) is 25.6 Å². The van der Waals surface area contributed by atoms with Crippen LogP contribution in [0.4, 0.5) is 0 Å². The molecule has 20 heavy (non-hydrogen) atoms. The van der Waals surface area contributed by atoms with Crippen LogP contribution in [0.25, 0.3) is 5.65 Å². The van der Waals surface area contributed by atoms with E-state index < -0.39 is 0 Å². The van der Waals surface area contributed by atoms with Crippen molar-refractivity contribution in [3.8, 4) is 0 Å². The lowest BCUT2D eigenvalue weighted by Crippen LogP contribution is -2.19. The zero-order chi connectivity index (χ0) is 14.1. The molecule has 3 rings (SSSR count). The zero-order valence-electron chi connectivity index (χ0n) is 11.3. The SMILES string of the molecule is Cc1nnc(Sc2nc3ccccn3c2CC(C)N)s1. The lowest BCUT2D eigenvalue weighted by atomic mass is 10.2. The number of imidazole rings is 1. The van der Waals surface area contributed by atoms with E-state index in [-0.39, 0.29) is 6.04 Å². The fourth-order valence-corrected chi connectivity index (χ4v) is 3.87. The predicted molar refractivity (Wildman–Crippen MR) is 81.3 cm³/mol. The van der Waals surface area contributed by atoms with Crippen molar-refractivity contribution in [1.29, 1.82) is 0 Å². The van der Waals surface area contributed by atoms with Crippen molar-refractivity contribution in [2.75, 3.05) is 0 Å². The molecule has 7 heteroatoms. The molecule has 3 heterocycles. The molecule has 0 spiro atoms. The predicted octanol–water partition coefficient (Wildman–Crippen LogP) is 2.54. The van der Waals surface area contributed by atoms with Gasteiger partial charge in [0, 0.05) is 18.7 Å². The third-order valence-corrected chi connectivity index (χ3v) is 4.71. The lowest BCUT2D eigenvalue weighted by molar-refractivity contribution is 0.705. The average Bonchev–Trinajstić information content (AvgIpc) is 2.95. The summed E-state index contributed by atoms with van der Waals surface area (Å²) in [6.45, 7) is 3.96. The molecular weight excluding hydrogens is 290 g/mol. The third kappa shape index (κ3) is 2.70. The Hall–Kier alpha value is -1.44. The minimum Gasteiger partial charge on any atom is -0.328 e. The van der Waals surface area contributed by atoms with Crippen LogP contribution in [0.3, 0.4) is 0 Å². The number of aromatic nitrogens is 4. The number of pyridine rings is 1. The molecule has 0 fully saturated rings. The summed E-state index contributed by atoms with van der Waals surface area (Å²) in [4.78, 5) is 4.68. The molecule has 0 radical (unpaired) electrons. The van der Waals surface area contributed by atoms with Crippen LogP contribution in [-0.2, 0) is 6.42 Å². The van der Waals surface area contributed by atoms with Gasteiger partial charge in [-0.2, -0.15) is 0 Å². The van der Waals surface area contributed by atoms with Crippen molar-refractivity contribution in [2.24, 2.45) is 5.73 Å². The van der Waals surface area contributed by atoms with E-state index >= 15 is 0 Å². The Morgan fingerprint density at radius 3 is 2.95 bits per heavy atom. The summed E-state index contributed by atoms with van der Waals surface area (Å²) in [6, 6.07) is 6.08. The highest BCUT2D eigenvalue weighted by atomic mass is 32.2. The van der Waals surface area contributed by atoms with Crippen molar-refractivity contribution in [2.45, 2.75) is 35.7 Å². The lowest BCUT2D eigenvalue weighted by Gasteiger charge is -2.06. The van der Waals surface area contributed by atoms with Crippen molar-refractivity contribution < 1.29 is 0 Å². The van der Waals surface area contributed by atoms with Gasteiger partial charge in [-0.15, -0.1) is 10.2 Å². The van der Waals surface area contributed by atoms with Gasteiger partial charge in [0.1, 0.15) is 15.7 Å². The Bertz CT molecular complexity index is 731. The van der Waals surface area contributed by atoms with E-state index in [0.29, 0.717) is 0 Å². The Balaban J connectivity index is 2.04. The van der Waals surface area contributed by atoms with Gasteiger partial charge < -0.3 is 10.1 Å². The maximum atomic E-state index is 5.97. The first-order valence-electron chi connectivity index (χ1n) is 6.33. The van der Waals surface area contributed by atoms with E-state index in [1.54, 1.807) is 23.1 Å². The van der Waals surface area contributed by atoms with Crippen LogP contribution in [0.15, 0.2) is 33.8 Å². The second kappa shape index (κ2) is 5.51. The maximum Gasteiger partial charge on any atom is 0.180 e. The minimum atomic E-state index is 0.0885. The Labute approximate surface area is 125 Å². The van der Waals surface area contributed by atoms with Crippen molar-refractivity contribution >= 4 is 28.7 Å². The van der Waals surface area contributed by atoms with E-state index in [9.17, 15) is 0 Å². The minimum absolute atomic E-state index is 0.0885. The molecule has 3 aromatic heterocycles. The molecule has 5 nitrogen and oxygen atoms in total. The number of rotatable bonds is 4. The highest BCUT2D eigenvalue weighted by molar-refractivity contribution is 8.01. The molecule has 0 aliphatic rings. The van der Waals surface area contributed by atoms with Gasteiger partial charge in [-0.05, 0) is 37.7 Å². The monoisotopic (exact) mass is 305 g/mol. The maximum absolute atomic E-state index is 5.97. The molecule has 1 atom stereocenters. The normalized spacial score (nSPS) is 12.9. The molecule has 2 N–H and O–H groups in total. The molecule has 1 unspecified atom stereocenters. The number of aryl methyl sites for hydroxylation is 1. The van der Waals surface area contributed by atoms with E-state index in [1.165, 1.54) is 0 Å². The summed E-state index contributed by atoms with van der Waals surface area (Å²) in [7, 11) is 0. The van der Waals surface area contributed by atoms with Crippen LogP contribution in [0, 0.1) is 6.92 Å². The van der Waals surface area contributed by atoms with Gasteiger partial charge in [-0.1, -0.05) is 17.4 Å². The molecule has 3 aromatic rings. The van der Waals surface area contributed by atoms with E-state index in [1.807, 2.05) is 38.2 Å². The van der Waals surface area contributed by atoms with Crippen LogP contribution in [0.5, 0.6) is 0 Å². The average molecular weight is 305 g/mol. The molecule has 104 valence electrons. The summed E-state index contributed by atoms with van der Waals surface area (Å²) in [6.07, 6.45) is 2.81. The quantitative estimate of drug-likeness (QED) is 0.802. The smallest absolute Gasteiger partial charge is 0.180 e. The fraction of sp³-hybridized carbons (Fsp3) is 0.308. The Morgan fingerprint density at radius 2 is 2.25 bits per heavy atom. The van der Waals surface area contributed by atoms with Crippen LogP contribution < -0.4 is 5.73 Å². The number of hydrogen-bond acceptors (Lipinski definition) is 6. The van der Waals surface area contributed by atoms with E-state index in [0.717, 1.165) is 32.1 Å². The largest absolute Gasteiger partial charge is 0.328 e. The van der Waals surface area contributed by atoms with Crippen molar-refractivity contribution in [3.05, 3.63) is 35.1 Å². The second-order valence-electron chi connectivity index (χ2n) is 4.66. The summed E-state index contributed by atoms with van der Waals surface area (Å²) in [5.41, 5.74) is 8.04. The number of nitrogens with two attached hydrogens (primary N) is 1. The van der Waals surface area contributed by atoms with Gasteiger partial charge >= 0.3 is 0 Å². The van der Waals surface area contributed by atoms with E-state index in [2.05, 4.69) is 19.6 Å². The van der Waals surface area contributed by atoms with Crippen LogP contribution >= 0.6 is 23.1 Å².